The number of rotatable bonds is 4. The fraction of sp³-hybridized carbons (Fsp3) is 0.167. The van der Waals surface area contributed by atoms with E-state index in [0.717, 1.165) is 29.5 Å². The number of carbonyl (C=O) groups excluding carboxylic acids is 1. The van der Waals surface area contributed by atoms with Gasteiger partial charge in [-0.2, -0.15) is 0 Å². The number of imidazole rings is 1. The van der Waals surface area contributed by atoms with Crippen LogP contribution in [0.2, 0.25) is 0 Å². The van der Waals surface area contributed by atoms with E-state index in [2.05, 4.69) is 9.97 Å². The Morgan fingerprint density at radius 3 is 2.88 bits per heavy atom. The SMILES string of the molecule is O=CCCc1cccc(-c2c[nH]c(=O)[nH]2)c1. The lowest BCUT2D eigenvalue weighted by Crippen LogP contribution is -2.00. The van der Waals surface area contributed by atoms with E-state index in [-0.39, 0.29) is 5.69 Å². The quantitative estimate of drug-likeness (QED) is 0.760. The second-order valence-corrected chi connectivity index (χ2v) is 3.56. The molecule has 0 atom stereocenters. The fourth-order valence-corrected chi connectivity index (χ4v) is 1.61. The van der Waals surface area contributed by atoms with E-state index in [0.29, 0.717) is 6.42 Å². The Balaban J connectivity index is 2.28. The fourth-order valence-electron chi connectivity index (χ4n) is 1.61. The van der Waals surface area contributed by atoms with Gasteiger partial charge >= 0.3 is 5.69 Å². The first-order valence-electron chi connectivity index (χ1n) is 5.10. The standard InChI is InChI=1S/C12H12N2O2/c15-6-2-4-9-3-1-5-10(7-9)11-8-13-12(16)14-11/h1,3,5-8H,2,4H2,(H2,13,14,16). The molecule has 0 bridgehead atoms. The Morgan fingerprint density at radius 1 is 1.31 bits per heavy atom. The maximum Gasteiger partial charge on any atom is 0.323 e. The van der Waals surface area contributed by atoms with Crippen LogP contribution in [0, 0.1) is 0 Å². The highest BCUT2D eigenvalue weighted by molar-refractivity contribution is 5.59. The molecule has 0 saturated heterocycles. The van der Waals surface area contributed by atoms with Gasteiger partial charge in [-0.1, -0.05) is 18.2 Å². The van der Waals surface area contributed by atoms with E-state index < -0.39 is 0 Å². The molecular weight excluding hydrogens is 204 g/mol. The summed E-state index contributed by atoms with van der Waals surface area (Å²) in [5.41, 5.74) is 2.58. The molecule has 2 rings (SSSR count). The summed E-state index contributed by atoms with van der Waals surface area (Å²) in [6.07, 6.45) is 3.80. The molecule has 0 saturated carbocycles. The van der Waals surface area contributed by atoms with Crippen LogP contribution in [-0.4, -0.2) is 16.3 Å². The number of benzene rings is 1. The normalized spacial score (nSPS) is 10.2. The minimum atomic E-state index is -0.215. The van der Waals surface area contributed by atoms with Crippen LogP contribution < -0.4 is 5.69 Å². The van der Waals surface area contributed by atoms with Gasteiger partial charge in [-0.3, -0.25) is 0 Å². The summed E-state index contributed by atoms with van der Waals surface area (Å²) in [5, 5.41) is 0. The molecule has 0 amide bonds. The molecule has 16 heavy (non-hydrogen) atoms. The number of aldehydes is 1. The van der Waals surface area contributed by atoms with Gasteiger partial charge in [0.2, 0.25) is 0 Å². The topological polar surface area (TPSA) is 65.7 Å². The maximum absolute atomic E-state index is 11.0. The molecule has 0 aliphatic rings. The lowest BCUT2D eigenvalue weighted by molar-refractivity contribution is -0.107. The summed E-state index contributed by atoms with van der Waals surface area (Å²) in [6, 6.07) is 7.78. The molecule has 0 unspecified atom stereocenters. The van der Waals surface area contributed by atoms with Crippen molar-refractivity contribution in [1.29, 1.82) is 0 Å². The molecular formula is C12H12N2O2. The third-order valence-electron chi connectivity index (χ3n) is 2.38. The van der Waals surface area contributed by atoms with E-state index in [1.54, 1.807) is 6.20 Å². The summed E-state index contributed by atoms with van der Waals surface area (Å²) >= 11 is 0. The number of hydrogen-bond donors (Lipinski definition) is 2. The first kappa shape index (κ1) is 10.4. The lowest BCUT2D eigenvalue weighted by Gasteiger charge is -2.01. The van der Waals surface area contributed by atoms with E-state index in [9.17, 15) is 9.59 Å². The second kappa shape index (κ2) is 4.61. The van der Waals surface area contributed by atoms with Crippen LogP contribution in [0.25, 0.3) is 11.3 Å². The highest BCUT2D eigenvalue weighted by Gasteiger charge is 2.01. The molecule has 4 heteroatoms. The number of carbonyl (C=O) groups is 1. The largest absolute Gasteiger partial charge is 0.323 e. The molecule has 0 aliphatic heterocycles. The van der Waals surface area contributed by atoms with Crippen LogP contribution >= 0.6 is 0 Å². The third-order valence-corrected chi connectivity index (χ3v) is 2.38. The Kier molecular flexibility index (Phi) is 3.00. The van der Waals surface area contributed by atoms with Gasteiger partial charge in [-0.05, 0) is 23.6 Å². The Bertz CT molecular complexity index is 540. The van der Waals surface area contributed by atoms with Crippen molar-refractivity contribution in [2.75, 3.05) is 0 Å². The van der Waals surface area contributed by atoms with Crippen molar-refractivity contribution in [2.24, 2.45) is 0 Å². The molecule has 0 aliphatic carbocycles. The van der Waals surface area contributed by atoms with Gasteiger partial charge in [0.05, 0.1) is 5.69 Å². The number of aryl methyl sites for hydroxylation is 1. The zero-order valence-corrected chi connectivity index (χ0v) is 8.69. The Morgan fingerprint density at radius 2 is 2.19 bits per heavy atom. The van der Waals surface area contributed by atoms with E-state index in [4.69, 9.17) is 0 Å². The van der Waals surface area contributed by atoms with Gasteiger partial charge in [0.1, 0.15) is 6.29 Å². The Hall–Kier alpha value is -2.10. The smallest absolute Gasteiger partial charge is 0.312 e. The summed E-state index contributed by atoms with van der Waals surface area (Å²) < 4.78 is 0. The molecule has 1 heterocycles. The molecule has 2 aromatic rings. The van der Waals surface area contributed by atoms with Gasteiger partial charge in [-0.25, -0.2) is 4.79 Å². The predicted octanol–water partition coefficient (Wildman–Crippen LogP) is 1.50. The summed E-state index contributed by atoms with van der Waals surface area (Å²) in [5.74, 6) is 0. The van der Waals surface area contributed by atoms with Crippen LogP contribution in [0.1, 0.15) is 12.0 Å². The molecule has 1 aromatic heterocycles. The average Bonchev–Trinajstić information content (AvgIpc) is 2.74. The zero-order valence-electron chi connectivity index (χ0n) is 8.69. The van der Waals surface area contributed by atoms with Gasteiger partial charge in [-0.15, -0.1) is 0 Å². The number of H-pyrrole nitrogens is 2. The number of aromatic amines is 2. The number of nitrogens with one attached hydrogen (secondary N) is 2. The molecule has 2 N–H and O–H groups in total. The first-order chi connectivity index (χ1) is 7.79. The van der Waals surface area contributed by atoms with Crippen molar-refractivity contribution >= 4 is 6.29 Å². The summed E-state index contributed by atoms with van der Waals surface area (Å²) in [6.45, 7) is 0. The first-order valence-corrected chi connectivity index (χ1v) is 5.10. The van der Waals surface area contributed by atoms with Gasteiger partial charge < -0.3 is 14.8 Å². The molecule has 1 aromatic carbocycles. The minimum Gasteiger partial charge on any atom is -0.312 e. The van der Waals surface area contributed by atoms with Gasteiger partial charge in [0.25, 0.3) is 0 Å². The van der Waals surface area contributed by atoms with Crippen molar-refractivity contribution in [3.8, 4) is 11.3 Å². The van der Waals surface area contributed by atoms with E-state index >= 15 is 0 Å². The lowest BCUT2D eigenvalue weighted by atomic mass is 10.1. The van der Waals surface area contributed by atoms with Crippen LogP contribution in [0.5, 0.6) is 0 Å². The molecule has 82 valence electrons. The van der Waals surface area contributed by atoms with E-state index in [1.807, 2.05) is 24.3 Å². The second-order valence-electron chi connectivity index (χ2n) is 3.56. The predicted molar refractivity (Wildman–Crippen MR) is 61.2 cm³/mol. The maximum atomic E-state index is 11.0. The van der Waals surface area contributed by atoms with Crippen molar-refractivity contribution in [3.05, 3.63) is 46.5 Å². The minimum absolute atomic E-state index is 0.215. The molecule has 0 fully saturated rings. The van der Waals surface area contributed by atoms with Gasteiger partial charge in [0.15, 0.2) is 0 Å². The molecule has 4 nitrogen and oxygen atoms in total. The summed E-state index contributed by atoms with van der Waals surface area (Å²) in [4.78, 5) is 26.5. The van der Waals surface area contributed by atoms with Crippen molar-refractivity contribution in [1.82, 2.24) is 9.97 Å². The highest BCUT2D eigenvalue weighted by atomic mass is 16.1. The van der Waals surface area contributed by atoms with E-state index in [1.165, 1.54) is 0 Å². The average molecular weight is 216 g/mol. The van der Waals surface area contributed by atoms with Crippen molar-refractivity contribution in [2.45, 2.75) is 12.8 Å². The third kappa shape index (κ3) is 2.28. The van der Waals surface area contributed by atoms with Crippen molar-refractivity contribution in [3.63, 3.8) is 0 Å². The zero-order chi connectivity index (χ0) is 11.4. The monoisotopic (exact) mass is 216 g/mol. The Labute approximate surface area is 92.3 Å². The van der Waals surface area contributed by atoms with Crippen LogP contribution in [0.3, 0.4) is 0 Å². The molecule has 0 radical (unpaired) electrons. The number of hydrogen-bond acceptors (Lipinski definition) is 2. The van der Waals surface area contributed by atoms with Crippen LogP contribution in [0.4, 0.5) is 0 Å². The summed E-state index contributed by atoms with van der Waals surface area (Å²) in [7, 11) is 0. The highest BCUT2D eigenvalue weighted by Crippen LogP contribution is 2.17. The molecule has 0 spiro atoms. The van der Waals surface area contributed by atoms with Crippen LogP contribution in [-0.2, 0) is 11.2 Å². The number of aromatic nitrogens is 2. The van der Waals surface area contributed by atoms with Crippen LogP contribution in [0.15, 0.2) is 35.3 Å². The van der Waals surface area contributed by atoms with Crippen molar-refractivity contribution < 1.29 is 4.79 Å². The van der Waals surface area contributed by atoms with Gasteiger partial charge in [0, 0.05) is 12.6 Å².